The minimum atomic E-state index is -0.168. The Morgan fingerprint density at radius 1 is 1.14 bits per heavy atom. The van der Waals surface area contributed by atoms with Gasteiger partial charge in [-0.3, -0.25) is 4.79 Å². The molecule has 0 unspecified atom stereocenters. The number of hydrogen-bond acceptors (Lipinski definition) is 7. The van der Waals surface area contributed by atoms with E-state index in [9.17, 15) is 4.79 Å². The topological polar surface area (TPSA) is 106 Å². The van der Waals surface area contributed by atoms with E-state index in [0.717, 1.165) is 17.0 Å². The van der Waals surface area contributed by atoms with E-state index in [0.29, 0.717) is 48.2 Å². The molecule has 5 rings (SSSR count). The van der Waals surface area contributed by atoms with E-state index < -0.39 is 0 Å². The Kier molecular flexibility index (Phi) is 6.07. The normalized spacial score (nSPS) is 19.2. The number of hydrogen-bond donors (Lipinski definition) is 1. The van der Waals surface area contributed by atoms with Crippen LogP contribution in [0.3, 0.4) is 0 Å². The molecule has 35 heavy (non-hydrogen) atoms. The Morgan fingerprint density at radius 3 is 2.60 bits per heavy atom. The lowest BCUT2D eigenvalue weighted by Gasteiger charge is -2.31. The third-order valence-corrected chi connectivity index (χ3v) is 5.98. The van der Waals surface area contributed by atoms with Gasteiger partial charge in [0.25, 0.3) is 0 Å². The van der Waals surface area contributed by atoms with Gasteiger partial charge in [0.05, 0.1) is 12.6 Å². The van der Waals surface area contributed by atoms with Gasteiger partial charge in [0.2, 0.25) is 12.2 Å². The molecule has 2 N–H and O–H groups in total. The van der Waals surface area contributed by atoms with Gasteiger partial charge < -0.3 is 20.1 Å². The molecule has 1 aromatic heterocycles. The minimum Gasteiger partial charge on any atom is -0.457 e. The van der Waals surface area contributed by atoms with E-state index in [1.54, 1.807) is 16.7 Å². The lowest BCUT2D eigenvalue weighted by Crippen LogP contribution is -2.48. The molecule has 3 aromatic rings. The number of hydrazone groups is 1. The number of fused-ring (bicyclic) bond motifs is 1. The molecule has 3 heterocycles. The van der Waals surface area contributed by atoms with Crippen molar-refractivity contribution in [1.82, 2.24) is 14.9 Å². The first-order valence-electron chi connectivity index (χ1n) is 11.2. The number of nitrogens with two attached hydrogens (primary N) is 1. The van der Waals surface area contributed by atoms with Crippen molar-refractivity contribution in [2.45, 2.75) is 12.5 Å². The third kappa shape index (κ3) is 4.41. The van der Waals surface area contributed by atoms with Crippen molar-refractivity contribution in [3.05, 3.63) is 84.7 Å². The molecule has 2 aliphatic rings. The molecule has 0 radical (unpaired) electrons. The van der Waals surface area contributed by atoms with Crippen molar-refractivity contribution in [3.8, 4) is 11.5 Å². The van der Waals surface area contributed by atoms with Crippen LogP contribution in [0.15, 0.2) is 78.7 Å². The zero-order valence-corrected chi connectivity index (χ0v) is 19.3. The highest BCUT2D eigenvalue weighted by molar-refractivity contribution is 6.18. The molecule has 2 aliphatic heterocycles. The molecule has 1 amide bonds. The lowest BCUT2D eigenvalue weighted by molar-refractivity contribution is -0.448. The van der Waals surface area contributed by atoms with Gasteiger partial charge in [-0.15, -0.1) is 0 Å². The van der Waals surface area contributed by atoms with Crippen LogP contribution in [0.5, 0.6) is 11.5 Å². The molecule has 1 saturated heterocycles. The van der Waals surface area contributed by atoms with Gasteiger partial charge in [0.1, 0.15) is 34.3 Å². The van der Waals surface area contributed by atoms with Crippen LogP contribution >= 0.6 is 0 Å². The quantitative estimate of drug-likeness (QED) is 0.455. The summed E-state index contributed by atoms with van der Waals surface area (Å²) in [5.41, 5.74) is 9.29. The van der Waals surface area contributed by atoms with E-state index in [-0.39, 0.29) is 12.0 Å². The van der Waals surface area contributed by atoms with Crippen LogP contribution < -0.4 is 10.5 Å². The number of carbonyl (C=O) groups excluding carboxylic acids is 1. The summed E-state index contributed by atoms with van der Waals surface area (Å²) in [5.74, 6) is 2.21. The second-order valence-corrected chi connectivity index (χ2v) is 8.21. The van der Waals surface area contributed by atoms with E-state index in [1.807, 2.05) is 54.6 Å². The van der Waals surface area contributed by atoms with E-state index in [1.165, 1.54) is 12.4 Å². The van der Waals surface area contributed by atoms with Crippen LogP contribution in [0.1, 0.15) is 17.5 Å². The van der Waals surface area contributed by atoms with Crippen molar-refractivity contribution in [3.63, 3.8) is 0 Å². The first-order valence-corrected chi connectivity index (χ1v) is 11.2. The average molecular weight is 470 g/mol. The van der Waals surface area contributed by atoms with Crippen LogP contribution in [-0.4, -0.2) is 63.2 Å². The standard InChI is InChI=1S/C26H25N6O3/c1-3-22(33)31-14-18(13-21(15-31)34-2)32-26-23(25(27)28-16-29-26)24(30-32)17-9-11-20(12-10-17)35-19-7-5-4-6-8-19/h3-12,16,21H,1,13-15H2,2H3,(H2,27,28,29)/q+1/b32-18-/t21-/m1/s1. The fourth-order valence-corrected chi connectivity index (χ4v) is 4.23. The number of aromatic nitrogens is 2. The van der Waals surface area contributed by atoms with Crippen LogP contribution in [-0.2, 0) is 9.53 Å². The number of likely N-dealkylation sites (tertiary alicyclic amines) is 1. The number of carbonyl (C=O) groups is 1. The number of anilines is 1. The van der Waals surface area contributed by atoms with Crippen molar-refractivity contribution in [2.24, 2.45) is 5.10 Å². The summed E-state index contributed by atoms with van der Waals surface area (Å²) in [6.07, 6.45) is 3.15. The fourth-order valence-electron chi connectivity index (χ4n) is 4.23. The van der Waals surface area contributed by atoms with E-state index in [2.05, 4.69) is 16.5 Å². The number of nitrogens with zero attached hydrogens (tertiary/aromatic N) is 5. The molecule has 9 heteroatoms. The van der Waals surface area contributed by atoms with Gasteiger partial charge in [-0.1, -0.05) is 34.6 Å². The molecule has 0 spiro atoms. The third-order valence-electron chi connectivity index (χ3n) is 5.98. The van der Waals surface area contributed by atoms with Crippen molar-refractivity contribution < 1.29 is 19.0 Å². The summed E-state index contributed by atoms with van der Waals surface area (Å²) in [7, 11) is 1.63. The van der Waals surface area contributed by atoms with Crippen LogP contribution in [0.2, 0.25) is 0 Å². The maximum atomic E-state index is 12.4. The summed E-state index contributed by atoms with van der Waals surface area (Å²) in [6.45, 7) is 4.48. The van der Waals surface area contributed by atoms with Crippen molar-refractivity contribution >= 4 is 29.0 Å². The number of ether oxygens (including phenoxy) is 2. The zero-order chi connectivity index (χ0) is 24.4. The summed E-state index contributed by atoms with van der Waals surface area (Å²) in [5, 5.41) is 4.88. The Labute approximate surface area is 202 Å². The first kappa shape index (κ1) is 22.4. The number of nitrogen functional groups attached to an aromatic ring is 1. The summed E-state index contributed by atoms with van der Waals surface area (Å²) in [6, 6.07) is 17.2. The van der Waals surface area contributed by atoms with Crippen molar-refractivity contribution in [1.29, 1.82) is 0 Å². The minimum absolute atomic E-state index is 0.163. The smallest absolute Gasteiger partial charge is 0.363 e. The maximum Gasteiger partial charge on any atom is 0.363 e. The molecule has 0 aliphatic carbocycles. The molecule has 0 bridgehead atoms. The van der Waals surface area contributed by atoms with Gasteiger partial charge >= 0.3 is 5.82 Å². The number of amides is 1. The average Bonchev–Trinajstić information content (AvgIpc) is 3.30. The number of piperidine rings is 1. The Balaban J connectivity index is 1.53. The highest BCUT2D eigenvalue weighted by Crippen LogP contribution is 2.32. The second-order valence-electron chi connectivity index (χ2n) is 8.21. The Hall–Kier alpha value is -4.37. The number of para-hydroxylation sites is 1. The summed E-state index contributed by atoms with van der Waals surface area (Å²) < 4.78 is 13.3. The van der Waals surface area contributed by atoms with Crippen molar-refractivity contribution in [2.75, 3.05) is 25.9 Å². The van der Waals surface area contributed by atoms with Crippen LogP contribution in [0, 0.1) is 0 Å². The molecule has 2 aromatic carbocycles. The van der Waals surface area contributed by atoms with Gasteiger partial charge in [0.15, 0.2) is 0 Å². The monoisotopic (exact) mass is 469 g/mol. The van der Waals surface area contributed by atoms with E-state index in [4.69, 9.17) is 20.3 Å². The second kappa shape index (κ2) is 9.47. The number of benzene rings is 2. The molecule has 176 valence electrons. The highest BCUT2D eigenvalue weighted by atomic mass is 16.5. The van der Waals surface area contributed by atoms with E-state index >= 15 is 0 Å². The molecule has 9 nitrogen and oxygen atoms in total. The molecule has 1 fully saturated rings. The number of methoxy groups -OCH3 is 1. The van der Waals surface area contributed by atoms with Gasteiger partial charge in [-0.25, -0.2) is 0 Å². The predicted octanol–water partition coefficient (Wildman–Crippen LogP) is 3.14. The van der Waals surface area contributed by atoms with Crippen LogP contribution in [0.25, 0.3) is 0 Å². The molecule has 1 atom stereocenters. The maximum absolute atomic E-state index is 12.4. The summed E-state index contributed by atoms with van der Waals surface area (Å²) in [4.78, 5) is 22.7. The first-order chi connectivity index (χ1) is 17.1. The predicted molar refractivity (Wildman–Crippen MR) is 132 cm³/mol. The molecule has 0 saturated carbocycles. The van der Waals surface area contributed by atoms with Gasteiger partial charge in [0, 0.05) is 25.6 Å². The molecular weight excluding hydrogens is 444 g/mol. The summed E-state index contributed by atoms with van der Waals surface area (Å²) >= 11 is 0. The fraction of sp³-hybridized carbons (Fsp3) is 0.192. The Morgan fingerprint density at radius 2 is 1.89 bits per heavy atom. The molecular formula is C26H25N6O3+. The lowest BCUT2D eigenvalue weighted by atomic mass is 10.0. The van der Waals surface area contributed by atoms with Gasteiger partial charge in [-0.2, -0.15) is 4.98 Å². The largest absolute Gasteiger partial charge is 0.457 e. The van der Waals surface area contributed by atoms with Crippen LogP contribution in [0.4, 0.5) is 11.6 Å². The Bertz CT molecular complexity index is 1330. The SMILES string of the molecule is C=CC(=O)N1C/C(=[N+]2\N=C(c3ccc(Oc4ccccc4)cc3)c3c(N)ncnc32)C[C@@H](OC)C1. The zero-order valence-electron chi connectivity index (χ0n) is 19.3. The van der Waals surface area contributed by atoms with Gasteiger partial charge in [-0.05, 0) is 47.5 Å². The number of rotatable bonds is 5. The highest BCUT2D eigenvalue weighted by Gasteiger charge is 2.38.